The van der Waals surface area contributed by atoms with Crippen LogP contribution in [0.15, 0.2) is 42.5 Å². The van der Waals surface area contributed by atoms with E-state index in [2.05, 4.69) is 4.74 Å². The van der Waals surface area contributed by atoms with Gasteiger partial charge in [0.15, 0.2) is 0 Å². The van der Waals surface area contributed by atoms with Gasteiger partial charge in [-0.1, -0.05) is 18.2 Å². The number of rotatable bonds is 6. The predicted octanol–water partition coefficient (Wildman–Crippen LogP) is 2.02. The van der Waals surface area contributed by atoms with Crippen molar-refractivity contribution < 1.29 is 24.1 Å². The highest BCUT2D eigenvalue weighted by Crippen LogP contribution is 2.29. The maximum absolute atomic E-state index is 10.9. The van der Waals surface area contributed by atoms with Crippen LogP contribution in [0.5, 0.6) is 11.5 Å². The van der Waals surface area contributed by atoms with Crippen molar-refractivity contribution in [3.63, 3.8) is 0 Å². The second-order valence-corrected chi connectivity index (χ2v) is 3.82. The van der Waals surface area contributed by atoms with E-state index in [1.54, 1.807) is 31.4 Å². The summed E-state index contributed by atoms with van der Waals surface area (Å²) in [6.45, 7) is 0. The normalized spacial score (nSPS) is 12.6. The van der Waals surface area contributed by atoms with E-state index < -0.39 is 12.1 Å². The Hall–Kier alpha value is -2.27. The van der Waals surface area contributed by atoms with Crippen LogP contribution in [0.2, 0.25) is 0 Å². The molecule has 0 amide bonds. The lowest BCUT2D eigenvalue weighted by molar-refractivity contribution is -0.134. The Morgan fingerprint density at radius 2 is 1.95 bits per heavy atom. The molecule has 0 aliphatic heterocycles. The Morgan fingerprint density at radius 1 is 1.20 bits per heavy atom. The smallest absolute Gasteiger partial charge is 0.330 e. The van der Waals surface area contributed by atoms with Gasteiger partial charge < -0.3 is 19.3 Å². The van der Waals surface area contributed by atoms with E-state index in [1.807, 2.05) is 0 Å². The largest absolute Gasteiger partial charge is 0.497 e. The molecule has 0 aliphatic carbocycles. The minimum Gasteiger partial charge on any atom is -0.497 e. The van der Waals surface area contributed by atoms with Gasteiger partial charge >= 0.3 is 5.97 Å². The fourth-order valence-electron chi connectivity index (χ4n) is 1.55. The summed E-state index contributed by atoms with van der Waals surface area (Å²) in [6.07, 6.45) is 4.95. The topological polar surface area (TPSA) is 65.0 Å². The lowest BCUT2D eigenvalue weighted by atomic mass is 10.1. The van der Waals surface area contributed by atoms with Crippen molar-refractivity contribution >= 4 is 5.97 Å². The Balaban J connectivity index is 2.85. The third kappa shape index (κ3) is 4.44. The highest BCUT2D eigenvalue weighted by atomic mass is 16.5. The number of methoxy groups -OCH3 is 3. The molecule has 0 aromatic heterocycles. The van der Waals surface area contributed by atoms with Crippen molar-refractivity contribution in [3.05, 3.63) is 48.1 Å². The van der Waals surface area contributed by atoms with Crippen LogP contribution < -0.4 is 9.47 Å². The molecule has 0 fully saturated rings. The molecule has 1 N–H and O–H groups in total. The van der Waals surface area contributed by atoms with Crippen LogP contribution in [0, 0.1) is 0 Å². The molecule has 1 unspecified atom stereocenters. The number of aliphatic hydroxyl groups excluding tert-OH is 1. The van der Waals surface area contributed by atoms with Crippen LogP contribution in [0.25, 0.3) is 0 Å². The second-order valence-electron chi connectivity index (χ2n) is 3.82. The Kier molecular flexibility index (Phi) is 6.32. The number of aliphatic hydroxyl groups is 1. The molecule has 5 heteroatoms. The van der Waals surface area contributed by atoms with Gasteiger partial charge in [-0.05, 0) is 18.2 Å². The fraction of sp³-hybridized carbons (Fsp3) is 0.267. The standard InChI is InChI=1S/C15H18O5/c1-18-11-8-9-14(19-2)12(10-11)13(16)6-4-5-7-15(17)20-3/h4-10,13,16H,1-3H3/b6-4+,7-5+. The van der Waals surface area contributed by atoms with E-state index in [1.165, 1.54) is 32.4 Å². The molecule has 1 rings (SSSR count). The third-order valence-corrected chi connectivity index (χ3v) is 2.59. The zero-order valence-corrected chi connectivity index (χ0v) is 11.7. The average molecular weight is 278 g/mol. The second kappa shape index (κ2) is 8.01. The molecule has 1 aromatic rings. The molecule has 0 bridgehead atoms. The molecule has 0 aliphatic rings. The number of allylic oxidation sites excluding steroid dienone is 2. The van der Waals surface area contributed by atoms with E-state index in [9.17, 15) is 9.90 Å². The number of benzene rings is 1. The average Bonchev–Trinajstić information content (AvgIpc) is 2.50. The maximum atomic E-state index is 10.9. The summed E-state index contributed by atoms with van der Waals surface area (Å²) in [4.78, 5) is 10.9. The van der Waals surface area contributed by atoms with Crippen LogP contribution in [-0.2, 0) is 9.53 Å². The maximum Gasteiger partial charge on any atom is 0.330 e. The van der Waals surface area contributed by atoms with E-state index >= 15 is 0 Å². The minimum atomic E-state index is -0.873. The summed E-state index contributed by atoms with van der Waals surface area (Å²) in [7, 11) is 4.37. The third-order valence-electron chi connectivity index (χ3n) is 2.59. The van der Waals surface area contributed by atoms with Gasteiger partial charge in [-0.2, -0.15) is 0 Å². The van der Waals surface area contributed by atoms with Crippen LogP contribution in [0.1, 0.15) is 11.7 Å². The first kappa shape index (κ1) is 15.8. The summed E-state index contributed by atoms with van der Waals surface area (Å²) < 4.78 is 14.7. The minimum absolute atomic E-state index is 0.455. The highest BCUT2D eigenvalue weighted by molar-refractivity contribution is 5.82. The number of hydrogen-bond donors (Lipinski definition) is 1. The number of carbonyl (C=O) groups is 1. The molecule has 1 atom stereocenters. The van der Waals surface area contributed by atoms with E-state index in [0.717, 1.165) is 0 Å². The lowest BCUT2D eigenvalue weighted by Gasteiger charge is -2.13. The molecule has 0 spiro atoms. The van der Waals surface area contributed by atoms with Crippen molar-refractivity contribution in [2.24, 2.45) is 0 Å². The van der Waals surface area contributed by atoms with Crippen molar-refractivity contribution in [1.82, 2.24) is 0 Å². The van der Waals surface area contributed by atoms with Crippen molar-refractivity contribution in [2.45, 2.75) is 6.10 Å². The van der Waals surface area contributed by atoms with E-state index in [0.29, 0.717) is 17.1 Å². The predicted molar refractivity (Wildman–Crippen MR) is 74.8 cm³/mol. The molecule has 1 aromatic carbocycles. The zero-order valence-electron chi connectivity index (χ0n) is 11.7. The van der Waals surface area contributed by atoms with Crippen LogP contribution in [0.3, 0.4) is 0 Å². The van der Waals surface area contributed by atoms with Gasteiger partial charge in [0.2, 0.25) is 0 Å². The molecule has 0 saturated carbocycles. The summed E-state index contributed by atoms with van der Waals surface area (Å²) >= 11 is 0. The number of hydrogen-bond acceptors (Lipinski definition) is 5. The summed E-state index contributed by atoms with van der Waals surface area (Å²) in [5.74, 6) is 0.723. The molecule has 0 saturated heterocycles. The first-order valence-corrected chi connectivity index (χ1v) is 5.95. The number of ether oxygens (including phenoxy) is 3. The van der Waals surface area contributed by atoms with Crippen LogP contribution >= 0.6 is 0 Å². The molecule has 108 valence electrons. The summed E-state index contributed by atoms with van der Waals surface area (Å²) in [6, 6.07) is 5.16. The summed E-state index contributed by atoms with van der Waals surface area (Å²) in [5, 5.41) is 10.1. The van der Waals surface area contributed by atoms with Crippen molar-refractivity contribution in [2.75, 3.05) is 21.3 Å². The van der Waals surface area contributed by atoms with E-state index in [4.69, 9.17) is 9.47 Å². The molecular formula is C15H18O5. The van der Waals surface area contributed by atoms with Crippen LogP contribution in [0.4, 0.5) is 0 Å². The fourth-order valence-corrected chi connectivity index (χ4v) is 1.55. The van der Waals surface area contributed by atoms with Gasteiger partial charge in [0, 0.05) is 11.6 Å². The van der Waals surface area contributed by atoms with E-state index in [-0.39, 0.29) is 0 Å². The highest BCUT2D eigenvalue weighted by Gasteiger charge is 2.11. The SMILES string of the molecule is COC(=O)/C=C/C=C/C(O)c1cc(OC)ccc1OC. The molecule has 20 heavy (non-hydrogen) atoms. The molecular weight excluding hydrogens is 260 g/mol. The lowest BCUT2D eigenvalue weighted by Crippen LogP contribution is -1.98. The quantitative estimate of drug-likeness (QED) is 0.490. The molecule has 0 heterocycles. The number of carbonyl (C=O) groups excluding carboxylic acids is 1. The zero-order chi connectivity index (χ0) is 15.0. The van der Waals surface area contributed by atoms with Crippen LogP contribution in [-0.4, -0.2) is 32.4 Å². The van der Waals surface area contributed by atoms with Gasteiger partial charge in [0.05, 0.1) is 21.3 Å². The summed E-state index contributed by atoms with van der Waals surface area (Å²) in [5.41, 5.74) is 0.578. The molecule has 0 radical (unpaired) electrons. The monoisotopic (exact) mass is 278 g/mol. The first-order chi connectivity index (χ1) is 9.62. The van der Waals surface area contributed by atoms with Gasteiger partial charge in [-0.15, -0.1) is 0 Å². The van der Waals surface area contributed by atoms with Gasteiger partial charge in [0.1, 0.15) is 17.6 Å². The van der Waals surface area contributed by atoms with Crippen molar-refractivity contribution in [3.8, 4) is 11.5 Å². The first-order valence-electron chi connectivity index (χ1n) is 5.95. The van der Waals surface area contributed by atoms with Gasteiger partial charge in [-0.3, -0.25) is 0 Å². The Morgan fingerprint density at radius 3 is 2.55 bits per heavy atom. The molecule has 5 nitrogen and oxygen atoms in total. The van der Waals surface area contributed by atoms with Crippen molar-refractivity contribution in [1.29, 1.82) is 0 Å². The Labute approximate surface area is 118 Å². The van der Waals surface area contributed by atoms with Gasteiger partial charge in [-0.25, -0.2) is 4.79 Å². The number of esters is 1. The van der Waals surface area contributed by atoms with Gasteiger partial charge in [0.25, 0.3) is 0 Å². The Bertz CT molecular complexity index is 505.